The first kappa shape index (κ1) is 13.2. The molecular weight excluding hydrogens is 198 g/mol. The van der Waals surface area contributed by atoms with E-state index in [1.165, 1.54) is 16.7 Å². The van der Waals surface area contributed by atoms with Gasteiger partial charge in [0.1, 0.15) is 0 Å². The van der Waals surface area contributed by atoms with Crippen molar-refractivity contribution >= 4 is 0 Å². The predicted octanol–water partition coefficient (Wildman–Crippen LogP) is 2.99. The Balaban J connectivity index is 3.00. The lowest BCUT2D eigenvalue weighted by atomic mass is 9.96. The standard InChI is InChI=1S/C14H23NO/c1-6-15-14(12(4)16-5)13-8-7-10(2)9-11(13)3/h7-9,12,14-15H,6H2,1-5H3. The van der Waals surface area contributed by atoms with Gasteiger partial charge < -0.3 is 10.1 Å². The fourth-order valence-corrected chi connectivity index (χ4v) is 2.06. The average molecular weight is 221 g/mol. The van der Waals surface area contributed by atoms with Gasteiger partial charge in [0.25, 0.3) is 0 Å². The summed E-state index contributed by atoms with van der Waals surface area (Å²) in [6.45, 7) is 9.46. The van der Waals surface area contributed by atoms with Crippen LogP contribution in [-0.4, -0.2) is 19.8 Å². The number of hydrogen-bond donors (Lipinski definition) is 1. The Morgan fingerprint density at radius 2 is 2.00 bits per heavy atom. The smallest absolute Gasteiger partial charge is 0.0737 e. The Morgan fingerprint density at radius 3 is 2.50 bits per heavy atom. The molecule has 0 aliphatic heterocycles. The van der Waals surface area contributed by atoms with Crippen molar-refractivity contribution in [3.8, 4) is 0 Å². The number of rotatable bonds is 5. The molecule has 2 nitrogen and oxygen atoms in total. The first-order valence-electron chi connectivity index (χ1n) is 5.93. The summed E-state index contributed by atoms with van der Waals surface area (Å²) in [6.07, 6.45) is 0.182. The second-order valence-electron chi connectivity index (χ2n) is 4.34. The summed E-state index contributed by atoms with van der Waals surface area (Å²) >= 11 is 0. The van der Waals surface area contributed by atoms with E-state index in [9.17, 15) is 0 Å². The molecule has 90 valence electrons. The molecular formula is C14H23NO. The molecule has 2 atom stereocenters. The van der Waals surface area contributed by atoms with Crippen molar-refractivity contribution < 1.29 is 4.74 Å². The van der Waals surface area contributed by atoms with Gasteiger partial charge in [0.05, 0.1) is 12.1 Å². The van der Waals surface area contributed by atoms with Crippen LogP contribution in [-0.2, 0) is 4.74 Å². The second kappa shape index (κ2) is 6.02. The van der Waals surface area contributed by atoms with E-state index in [1.807, 2.05) is 0 Å². The van der Waals surface area contributed by atoms with Crippen LogP contribution in [0.2, 0.25) is 0 Å². The quantitative estimate of drug-likeness (QED) is 0.825. The van der Waals surface area contributed by atoms with E-state index in [0.717, 1.165) is 6.54 Å². The number of nitrogens with one attached hydrogen (secondary N) is 1. The third kappa shape index (κ3) is 3.06. The van der Waals surface area contributed by atoms with Gasteiger partial charge in [-0.3, -0.25) is 0 Å². The maximum atomic E-state index is 5.44. The van der Waals surface area contributed by atoms with Gasteiger partial charge in [0.15, 0.2) is 0 Å². The first-order chi connectivity index (χ1) is 7.60. The number of ether oxygens (including phenoxy) is 1. The summed E-state index contributed by atoms with van der Waals surface area (Å²) in [4.78, 5) is 0. The van der Waals surface area contributed by atoms with Crippen molar-refractivity contribution in [3.63, 3.8) is 0 Å². The SMILES string of the molecule is CCNC(c1ccc(C)cc1C)C(C)OC. The van der Waals surface area contributed by atoms with Crippen molar-refractivity contribution in [3.05, 3.63) is 34.9 Å². The van der Waals surface area contributed by atoms with Gasteiger partial charge in [-0.25, -0.2) is 0 Å². The number of benzene rings is 1. The van der Waals surface area contributed by atoms with E-state index in [4.69, 9.17) is 4.74 Å². The summed E-state index contributed by atoms with van der Waals surface area (Å²) in [5.74, 6) is 0. The molecule has 1 rings (SSSR count). The van der Waals surface area contributed by atoms with E-state index >= 15 is 0 Å². The number of likely N-dealkylation sites (N-methyl/N-ethyl adjacent to an activating group) is 1. The van der Waals surface area contributed by atoms with Crippen molar-refractivity contribution in [1.82, 2.24) is 5.32 Å². The lowest BCUT2D eigenvalue weighted by Gasteiger charge is -2.25. The summed E-state index contributed by atoms with van der Waals surface area (Å²) in [6, 6.07) is 6.86. The molecule has 0 heterocycles. The van der Waals surface area contributed by atoms with Crippen LogP contribution in [0.3, 0.4) is 0 Å². The number of aryl methyl sites for hydroxylation is 2. The fraction of sp³-hybridized carbons (Fsp3) is 0.571. The highest BCUT2D eigenvalue weighted by Gasteiger charge is 2.19. The fourth-order valence-electron chi connectivity index (χ4n) is 2.06. The molecule has 0 bridgehead atoms. The van der Waals surface area contributed by atoms with E-state index < -0.39 is 0 Å². The molecule has 2 heteroatoms. The minimum absolute atomic E-state index is 0.182. The summed E-state index contributed by atoms with van der Waals surface area (Å²) in [5.41, 5.74) is 3.97. The van der Waals surface area contributed by atoms with Crippen LogP contribution in [0.5, 0.6) is 0 Å². The molecule has 0 aliphatic rings. The van der Waals surface area contributed by atoms with Crippen LogP contribution in [0.15, 0.2) is 18.2 Å². The van der Waals surface area contributed by atoms with Crippen LogP contribution in [0, 0.1) is 13.8 Å². The zero-order valence-corrected chi connectivity index (χ0v) is 11.0. The molecule has 0 amide bonds. The van der Waals surface area contributed by atoms with Gasteiger partial charge in [0.2, 0.25) is 0 Å². The van der Waals surface area contributed by atoms with Gasteiger partial charge in [-0.2, -0.15) is 0 Å². The monoisotopic (exact) mass is 221 g/mol. The van der Waals surface area contributed by atoms with Gasteiger partial charge in [-0.15, -0.1) is 0 Å². The minimum atomic E-state index is 0.182. The Morgan fingerprint density at radius 1 is 1.31 bits per heavy atom. The highest BCUT2D eigenvalue weighted by Crippen LogP contribution is 2.23. The molecule has 0 fully saturated rings. The van der Waals surface area contributed by atoms with E-state index in [0.29, 0.717) is 0 Å². The van der Waals surface area contributed by atoms with Gasteiger partial charge in [0, 0.05) is 7.11 Å². The summed E-state index contributed by atoms with van der Waals surface area (Å²) < 4.78 is 5.44. The Kier molecular flexibility index (Phi) is 4.97. The third-order valence-electron chi connectivity index (χ3n) is 3.03. The lowest BCUT2D eigenvalue weighted by molar-refractivity contribution is 0.0834. The topological polar surface area (TPSA) is 21.3 Å². The molecule has 1 aromatic rings. The van der Waals surface area contributed by atoms with Crippen molar-refractivity contribution in [2.75, 3.05) is 13.7 Å². The number of methoxy groups -OCH3 is 1. The zero-order valence-electron chi connectivity index (χ0n) is 11.0. The lowest BCUT2D eigenvalue weighted by Crippen LogP contribution is -2.31. The molecule has 0 spiro atoms. The van der Waals surface area contributed by atoms with Crippen LogP contribution >= 0.6 is 0 Å². The minimum Gasteiger partial charge on any atom is -0.380 e. The van der Waals surface area contributed by atoms with Crippen LogP contribution in [0.25, 0.3) is 0 Å². The van der Waals surface area contributed by atoms with Crippen molar-refractivity contribution in [1.29, 1.82) is 0 Å². The summed E-state index contributed by atoms with van der Waals surface area (Å²) in [7, 11) is 1.76. The molecule has 0 aliphatic carbocycles. The predicted molar refractivity (Wildman–Crippen MR) is 68.8 cm³/mol. The van der Waals surface area contributed by atoms with Gasteiger partial charge >= 0.3 is 0 Å². The summed E-state index contributed by atoms with van der Waals surface area (Å²) in [5, 5.41) is 3.48. The molecule has 2 unspecified atom stereocenters. The molecule has 0 saturated carbocycles. The Labute approximate surface area is 99.0 Å². The average Bonchev–Trinajstić information content (AvgIpc) is 2.26. The maximum absolute atomic E-state index is 5.44. The molecule has 0 radical (unpaired) electrons. The molecule has 0 saturated heterocycles. The third-order valence-corrected chi connectivity index (χ3v) is 3.03. The maximum Gasteiger partial charge on any atom is 0.0737 e. The van der Waals surface area contributed by atoms with Crippen LogP contribution < -0.4 is 5.32 Å². The first-order valence-corrected chi connectivity index (χ1v) is 5.93. The Hall–Kier alpha value is -0.860. The Bertz CT molecular complexity index is 336. The second-order valence-corrected chi connectivity index (χ2v) is 4.34. The zero-order chi connectivity index (χ0) is 12.1. The molecule has 16 heavy (non-hydrogen) atoms. The molecule has 0 aromatic heterocycles. The van der Waals surface area contributed by atoms with Crippen LogP contribution in [0.4, 0.5) is 0 Å². The van der Waals surface area contributed by atoms with Crippen LogP contribution in [0.1, 0.15) is 36.6 Å². The van der Waals surface area contributed by atoms with E-state index in [-0.39, 0.29) is 12.1 Å². The van der Waals surface area contributed by atoms with Crippen molar-refractivity contribution in [2.45, 2.75) is 39.8 Å². The van der Waals surface area contributed by atoms with E-state index in [2.05, 4.69) is 51.2 Å². The number of hydrogen-bond acceptors (Lipinski definition) is 2. The van der Waals surface area contributed by atoms with Gasteiger partial charge in [-0.1, -0.05) is 30.7 Å². The van der Waals surface area contributed by atoms with Crippen molar-refractivity contribution in [2.24, 2.45) is 0 Å². The highest BCUT2D eigenvalue weighted by molar-refractivity contribution is 5.33. The van der Waals surface area contributed by atoms with Gasteiger partial charge in [-0.05, 0) is 38.4 Å². The molecule has 1 aromatic carbocycles. The normalized spacial score (nSPS) is 14.8. The largest absolute Gasteiger partial charge is 0.380 e. The highest BCUT2D eigenvalue weighted by atomic mass is 16.5. The molecule has 1 N–H and O–H groups in total. The van der Waals surface area contributed by atoms with E-state index in [1.54, 1.807) is 7.11 Å².